The van der Waals surface area contributed by atoms with Crippen LogP contribution in [0.25, 0.3) is 0 Å². The average molecular weight is 248 g/mol. The van der Waals surface area contributed by atoms with Crippen molar-refractivity contribution in [3.63, 3.8) is 0 Å². The molecule has 2 heterocycles. The average Bonchev–Trinajstić information content (AvgIpc) is 2.83. The number of benzene rings is 1. The van der Waals surface area contributed by atoms with Gasteiger partial charge in [0.1, 0.15) is 18.4 Å². The van der Waals surface area contributed by atoms with Crippen LogP contribution in [0.1, 0.15) is 12.8 Å². The Labute approximate surface area is 104 Å². The minimum absolute atomic E-state index is 0.0127. The number of carbonyl (C=O) groups is 2. The number of hydrogen-bond donors (Lipinski definition) is 0. The van der Waals surface area contributed by atoms with E-state index in [1.54, 1.807) is 17.0 Å². The maximum atomic E-state index is 13.2. The Morgan fingerprint density at radius 2 is 2.11 bits per heavy atom. The molecule has 1 atom stereocenters. The quantitative estimate of drug-likeness (QED) is 0.748. The van der Waals surface area contributed by atoms with Crippen LogP contribution >= 0.6 is 0 Å². The number of rotatable bonds is 1. The molecule has 2 fully saturated rings. The Kier molecular flexibility index (Phi) is 2.54. The largest absolute Gasteiger partial charge is 0.329 e. The lowest BCUT2D eigenvalue weighted by Crippen LogP contribution is -2.57. The third kappa shape index (κ3) is 1.66. The summed E-state index contributed by atoms with van der Waals surface area (Å²) in [5.41, 5.74) is 0.458. The summed E-state index contributed by atoms with van der Waals surface area (Å²) >= 11 is 0. The first-order valence-electron chi connectivity index (χ1n) is 6.03. The van der Waals surface area contributed by atoms with E-state index in [4.69, 9.17) is 0 Å². The highest BCUT2D eigenvalue weighted by atomic mass is 19.1. The molecule has 0 aromatic heterocycles. The lowest BCUT2D eigenvalue weighted by molar-refractivity contribution is -0.140. The van der Waals surface area contributed by atoms with Gasteiger partial charge in [-0.2, -0.15) is 0 Å². The topological polar surface area (TPSA) is 40.6 Å². The van der Waals surface area contributed by atoms with Gasteiger partial charge in [0.25, 0.3) is 0 Å². The fourth-order valence-corrected chi connectivity index (χ4v) is 2.67. The zero-order valence-corrected chi connectivity index (χ0v) is 9.80. The molecule has 5 heteroatoms. The second kappa shape index (κ2) is 4.08. The molecule has 1 aromatic rings. The van der Waals surface area contributed by atoms with Gasteiger partial charge < -0.3 is 9.80 Å². The van der Waals surface area contributed by atoms with Gasteiger partial charge in [0, 0.05) is 12.2 Å². The van der Waals surface area contributed by atoms with Gasteiger partial charge in [0.05, 0.1) is 0 Å². The third-order valence-corrected chi connectivity index (χ3v) is 3.54. The molecule has 0 aliphatic carbocycles. The van der Waals surface area contributed by atoms with Gasteiger partial charge in [0.2, 0.25) is 11.8 Å². The zero-order chi connectivity index (χ0) is 12.7. The lowest BCUT2D eigenvalue weighted by Gasteiger charge is -2.36. The van der Waals surface area contributed by atoms with Crippen LogP contribution < -0.4 is 4.90 Å². The van der Waals surface area contributed by atoms with Crippen LogP contribution in [-0.2, 0) is 9.59 Å². The summed E-state index contributed by atoms with van der Waals surface area (Å²) in [6.07, 6.45) is 1.57. The van der Waals surface area contributed by atoms with Crippen LogP contribution in [-0.4, -0.2) is 35.8 Å². The fraction of sp³-hybridized carbons (Fsp3) is 0.385. The number of anilines is 1. The standard InChI is InChI=1S/C13H13FN2O2/c14-9-3-1-4-10(7-9)16-8-12(17)15-6-2-5-11(15)13(16)18/h1,3-4,7,11H,2,5-6,8H2. The predicted molar refractivity (Wildman–Crippen MR) is 63.5 cm³/mol. The predicted octanol–water partition coefficient (Wildman–Crippen LogP) is 1.16. The van der Waals surface area contributed by atoms with E-state index >= 15 is 0 Å². The molecule has 1 aromatic carbocycles. The first-order chi connectivity index (χ1) is 8.66. The van der Waals surface area contributed by atoms with Gasteiger partial charge in [-0.25, -0.2) is 4.39 Å². The van der Waals surface area contributed by atoms with E-state index in [2.05, 4.69) is 0 Å². The van der Waals surface area contributed by atoms with E-state index in [0.29, 0.717) is 18.7 Å². The van der Waals surface area contributed by atoms with Crippen molar-refractivity contribution in [3.05, 3.63) is 30.1 Å². The molecule has 2 amide bonds. The second-order valence-corrected chi connectivity index (χ2v) is 4.65. The molecule has 94 valence electrons. The highest BCUT2D eigenvalue weighted by molar-refractivity contribution is 6.06. The van der Waals surface area contributed by atoms with Crippen molar-refractivity contribution in [1.82, 2.24) is 4.90 Å². The van der Waals surface area contributed by atoms with Crippen LogP contribution in [0.2, 0.25) is 0 Å². The highest BCUT2D eigenvalue weighted by Crippen LogP contribution is 2.27. The van der Waals surface area contributed by atoms with Crippen molar-refractivity contribution in [2.75, 3.05) is 18.0 Å². The second-order valence-electron chi connectivity index (χ2n) is 4.65. The molecule has 0 N–H and O–H groups in total. The SMILES string of the molecule is O=C1C2CCCN2C(=O)CN1c1cccc(F)c1. The smallest absolute Gasteiger partial charge is 0.250 e. The van der Waals surface area contributed by atoms with Crippen LogP contribution in [0.5, 0.6) is 0 Å². The Bertz CT molecular complexity index is 517. The first kappa shape index (κ1) is 11.2. The normalized spacial score (nSPS) is 23.5. The molecule has 2 aliphatic heterocycles. The molecule has 1 unspecified atom stereocenters. The fourth-order valence-electron chi connectivity index (χ4n) is 2.67. The summed E-state index contributed by atoms with van der Waals surface area (Å²) in [6, 6.07) is 5.45. The Morgan fingerprint density at radius 3 is 2.89 bits per heavy atom. The number of piperazine rings is 1. The van der Waals surface area contributed by atoms with Gasteiger partial charge in [-0.15, -0.1) is 0 Å². The number of carbonyl (C=O) groups excluding carboxylic acids is 2. The van der Waals surface area contributed by atoms with Crippen molar-refractivity contribution >= 4 is 17.5 Å². The molecule has 0 saturated carbocycles. The molecule has 18 heavy (non-hydrogen) atoms. The molecular weight excluding hydrogens is 235 g/mol. The number of nitrogens with zero attached hydrogens (tertiary/aromatic N) is 2. The van der Waals surface area contributed by atoms with Gasteiger partial charge in [-0.3, -0.25) is 9.59 Å². The van der Waals surface area contributed by atoms with Crippen molar-refractivity contribution in [3.8, 4) is 0 Å². The number of amides is 2. The van der Waals surface area contributed by atoms with E-state index in [1.165, 1.54) is 17.0 Å². The summed E-state index contributed by atoms with van der Waals surface area (Å²) < 4.78 is 13.2. The summed E-state index contributed by atoms with van der Waals surface area (Å²) in [5, 5.41) is 0. The number of halogens is 1. The molecule has 0 bridgehead atoms. The minimum Gasteiger partial charge on any atom is -0.329 e. The number of fused-ring (bicyclic) bond motifs is 1. The highest BCUT2D eigenvalue weighted by Gasteiger charge is 2.42. The molecule has 3 rings (SSSR count). The van der Waals surface area contributed by atoms with Crippen molar-refractivity contribution < 1.29 is 14.0 Å². The maximum absolute atomic E-state index is 13.2. The third-order valence-electron chi connectivity index (χ3n) is 3.54. The van der Waals surface area contributed by atoms with Crippen molar-refractivity contribution in [2.24, 2.45) is 0 Å². The Morgan fingerprint density at radius 1 is 1.28 bits per heavy atom. The Hall–Kier alpha value is -1.91. The van der Waals surface area contributed by atoms with E-state index in [1.807, 2.05) is 0 Å². The summed E-state index contributed by atoms with van der Waals surface area (Å²) in [5.74, 6) is -0.555. The molecule has 2 saturated heterocycles. The maximum Gasteiger partial charge on any atom is 0.250 e. The van der Waals surface area contributed by atoms with Crippen molar-refractivity contribution in [1.29, 1.82) is 0 Å². The van der Waals surface area contributed by atoms with Crippen molar-refractivity contribution in [2.45, 2.75) is 18.9 Å². The lowest BCUT2D eigenvalue weighted by atomic mass is 10.1. The molecular formula is C13H13FN2O2. The van der Waals surface area contributed by atoms with E-state index in [9.17, 15) is 14.0 Å². The van der Waals surface area contributed by atoms with Gasteiger partial charge in [-0.1, -0.05) is 6.07 Å². The molecule has 0 spiro atoms. The van der Waals surface area contributed by atoms with Gasteiger partial charge in [0.15, 0.2) is 0 Å². The van der Waals surface area contributed by atoms with E-state index in [-0.39, 0.29) is 24.4 Å². The molecule has 0 radical (unpaired) electrons. The van der Waals surface area contributed by atoms with Crippen LogP contribution in [0, 0.1) is 5.82 Å². The van der Waals surface area contributed by atoms with E-state index < -0.39 is 5.82 Å². The van der Waals surface area contributed by atoms with Gasteiger partial charge in [-0.05, 0) is 31.0 Å². The van der Waals surface area contributed by atoms with Gasteiger partial charge >= 0.3 is 0 Å². The molecule has 2 aliphatic rings. The first-order valence-corrected chi connectivity index (χ1v) is 6.03. The summed E-state index contributed by atoms with van der Waals surface area (Å²) in [6.45, 7) is 0.672. The Balaban J connectivity index is 1.93. The van der Waals surface area contributed by atoms with Crippen LogP contribution in [0.15, 0.2) is 24.3 Å². The monoisotopic (exact) mass is 248 g/mol. The van der Waals surface area contributed by atoms with Crippen LogP contribution in [0.3, 0.4) is 0 Å². The zero-order valence-electron chi connectivity index (χ0n) is 9.80. The van der Waals surface area contributed by atoms with Crippen LogP contribution in [0.4, 0.5) is 10.1 Å². The van der Waals surface area contributed by atoms with E-state index in [0.717, 1.165) is 6.42 Å². The summed E-state index contributed by atoms with van der Waals surface area (Å²) in [4.78, 5) is 27.2. The minimum atomic E-state index is -0.401. The molecule has 4 nitrogen and oxygen atoms in total. The summed E-state index contributed by atoms with van der Waals surface area (Å²) in [7, 11) is 0. The number of hydrogen-bond acceptors (Lipinski definition) is 2.